The largest absolute Gasteiger partial charge is 0.350 e. The summed E-state index contributed by atoms with van der Waals surface area (Å²) in [4.78, 5) is 12.1. The molecule has 0 aliphatic rings. The van der Waals surface area contributed by atoms with Crippen molar-refractivity contribution in [2.24, 2.45) is 0 Å². The van der Waals surface area contributed by atoms with E-state index >= 15 is 0 Å². The number of amides is 1. The topological polar surface area (TPSA) is 66.5 Å². The Labute approximate surface area is 151 Å². The summed E-state index contributed by atoms with van der Waals surface area (Å²) in [6, 6.07) is 8.85. The number of benzene rings is 2. The van der Waals surface area contributed by atoms with Crippen LogP contribution in [-0.2, 0) is 10.0 Å². The molecule has 0 spiro atoms. The minimum Gasteiger partial charge on any atom is -0.350 e. The molecule has 0 fully saturated rings. The molecule has 8 heteroatoms. The zero-order chi connectivity index (χ0) is 18.8. The summed E-state index contributed by atoms with van der Waals surface area (Å²) in [5, 5.41) is 2.83. The Balaban J connectivity index is 2.42. The number of sulfonamides is 1. The molecule has 25 heavy (non-hydrogen) atoms. The molecule has 0 saturated heterocycles. The number of rotatable bonds is 5. The molecule has 0 bridgehead atoms. The van der Waals surface area contributed by atoms with Crippen molar-refractivity contribution in [1.82, 2.24) is 5.32 Å². The molecule has 0 aliphatic carbocycles. The minimum atomic E-state index is -3.93. The van der Waals surface area contributed by atoms with Gasteiger partial charge in [-0.05, 0) is 56.3 Å². The van der Waals surface area contributed by atoms with Crippen LogP contribution in [0.15, 0.2) is 47.4 Å². The van der Waals surface area contributed by atoms with Gasteiger partial charge in [-0.3, -0.25) is 9.10 Å². The quantitative estimate of drug-likeness (QED) is 0.858. The number of halogens is 2. The first-order chi connectivity index (χ1) is 11.6. The van der Waals surface area contributed by atoms with Crippen LogP contribution in [0, 0.1) is 5.82 Å². The second-order valence-electron chi connectivity index (χ2n) is 5.72. The van der Waals surface area contributed by atoms with Gasteiger partial charge in [-0.25, -0.2) is 12.8 Å². The van der Waals surface area contributed by atoms with Crippen LogP contribution in [0.4, 0.5) is 10.1 Å². The van der Waals surface area contributed by atoms with Gasteiger partial charge in [0.25, 0.3) is 15.9 Å². The zero-order valence-corrected chi connectivity index (χ0v) is 15.5. The zero-order valence-electron chi connectivity index (χ0n) is 14.0. The van der Waals surface area contributed by atoms with Gasteiger partial charge < -0.3 is 5.32 Å². The normalized spacial score (nSPS) is 11.4. The molecule has 134 valence electrons. The average Bonchev–Trinajstić information content (AvgIpc) is 2.54. The fraction of sp³-hybridized carbons (Fsp3) is 0.235. The predicted octanol–water partition coefficient (Wildman–Crippen LogP) is 3.44. The first-order valence-corrected chi connectivity index (χ1v) is 9.29. The van der Waals surface area contributed by atoms with Crippen molar-refractivity contribution in [3.05, 3.63) is 58.9 Å². The van der Waals surface area contributed by atoms with Gasteiger partial charge in [-0.15, -0.1) is 0 Å². The van der Waals surface area contributed by atoms with Crippen molar-refractivity contribution in [3.63, 3.8) is 0 Å². The van der Waals surface area contributed by atoms with Crippen molar-refractivity contribution in [3.8, 4) is 0 Å². The number of carbonyl (C=O) groups excluding carboxylic acids is 1. The number of anilines is 1. The molecular formula is C17H18ClFN2O3S. The van der Waals surface area contributed by atoms with Gasteiger partial charge in [0.05, 0.1) is 21.2 Å². The van der Waals surface area contributed by atoms with Gasteiger partial charge in [-0.2, -0.15) is 0 Å². The molecule has 0 unspecified atom stereocenters. The number of nitrogens with zero attached hydrogens (tertiary/aromatic N) is 1. The summed E-state index contributed by atoms with van der Waals surface area (Å²) in [6.07, 6.45) is 0. The summed E-state index contributed by atoms with van der Waals surface area (Å²) in [7, 11) is -2.58. The molecule has 2 rings (SSSR count). The third-order valence-corrected chi connectivity index (χ3v) is 5.56. The maximum Gasteiger partial charge on any atom is 0.264 e. The van der Waals surface area contributed by atoms with E-state index in [0.717, 1.165) is 4.31 Å². The fourth-order valence-electron chi connectivity index (χ4n) is 2.13. The first-order valence-electron chi connectivity index (χ1n) is 7.48. The Bertz CT molecular complexity index is 883. The van der Waals surface area contributed by atoms with Crippen LogP contribution in [0.2, 0.25) is 5.02 Å². The SMILES string of the molecule is CC(C)NC(=O)c1cc(S(=O)(=O)N(C)c2ccc(F)cc2)ccc1Cl. The van der Waals surface area contributed by atoms with Crippen LogP contribution in [0.5, 0.6) is 0 Å². The van der Waals surface area contributed by atoms with Gasteiger partial charge in [0.1, 0.15) is 5.82 Å². The number of hydrogen-bond donors (Lipinski definition) is 1. The van der Waals surface area contributed by atoms with Crippen molar-refractivity contribution < 1.29 is 17.6 Å². The van der Waals surface area contributed by atoms with E-state index in [9.17, 15) is 17.6 Å². The van der Waals surface area contributed by atoms with E-state index in [2.05, 4.69) is 5.32 Å². The van der Waals surface area contributed by atoms with Crippen molar-refractivity contribution in [1.29, 1.82) is 0 Å². The Hall–Kier alpha value is -2.12. The molecule has 1 amide bonds. The summed E-state index contributed by atoms with van der Waals surface area (Å²) in [5.74, 6) is -0.921. The Kier molecular flexibility index (Phi) is 5.69. The van der Waals surface area contributed by atoms with E-state index in [1.807, 2.05) is 0 Å². The van der Waals surface area contributed by atoms with E-state index < -0.39 is 21.7 Å². The highest BCUT2D eigenvalue weighted by Crippen LogP contribution is 2.26. The standard InChI is InChI=1S/C17H18ClFN2O3S/c1-11(2)20-17(22)15-10-14(8-9-16(15)18)25(23,24)21(3)13-6-4-12(19)5-7-13/h4-11H,1-3H3,(H,20,22). The van der Waals surface area contributed by atoms with E-state index in [0.29, 0.717) is 5.69 Å². The molecule has 0 radical (unpaired) electrons. The van der Waals surface area contributed by atoms with Gasteiger partial charge in [0.2, 0.25) is 0 Å². The molecule has 0 saturated carbocycles. The van der Waals surface area contributed by atoms with E-state index in [4.69, 9.17) is 11.6 Å². The molecule has 1 N–H and O–H groups in total. The molecule has 5 nitrogen and oxygen atoms in total. The van der Waals surface area contributed by atoms with Crippen LogP contribution in [-0.4, -0.2) is 27.4 Å². The molecule has 2 aromatic carbocycles. The maximum atomic E-state index is 13.0. The van der Waals surface area contributed by atoms with E-state index in [1.54, 1.807) is 13.8 Å². The lowest BCUT2D eigenvalue weighted by atomic mass is 10.2. The Morgan fingerprint density at radius 2 is 1.76 bits per heavy atom. The van der Waals surface area contributed by atoms with Crippen molar-refractivity contribution >= 4 is 33.2 Å². The van der Waals surface area contributed by atoms with Crippen LogP contribution < -0.4 is 9.62 Å². The average molecular weight is 385 g/mol. The van der Waals surface area contributed by atoms with Crippen LogP contribution in [0.25, 0.3) is 0 Å². The van der Waals surface area contributed by atoms with Gasteiger partial charge >= 0.3 is 0 Å². The van der Waals surface area contributed by atoms with E-state index in [-0.39, 0.29) is 21.5 Å². The molecule has 0 atom stereocenters. The highest BCUT2D eigenvalue weighted by Gasteiger charge is 2.24. The molecular weight excluding hydrogens is 367 g/mol. The number of nitrogens with one attached hydrogen (secondary N) is 1. The monoisotopic (exact) mass is 384 g/mol. The summed E-state index contributed by atoms with van der Waals surface area (Å²) >= 11 is 6.03. The lowest BCUT2D eigenvalue weighted by Crippen LogP contribution is -2.31. The third-order valence-electron chi connectivity index (χ3n) is 3.45. The van der Waals surface area contributed by atoms with Crippen LogP contribution >= 0.6 is 11.6 Å². The summed E-state index contributed by atoms with van der Waals surface area (Å²) in [6.45, 7) is 3.57. The summed E-state index contributed by atoms with van der Waals surface area (Å²) < 4.78 is 39.6. The van der Waals surface area contributed by atoms with E-state index in [1.165, 1.54) is 49.5 Å². The van der Waals surface area contributed by atoms with Crippen LogP contribution in [0.1, 0.15) is 24.2 Å². The van der Waals surface area contributed by atoms with Gasteiger partial charge in [-0.1, -0.05) is 11.6 Å². The lowest BCUT2D eigenvalue weighted by molar-refractivity contribution is 0.0943. The van der Waals surface area contributed by atoms with Crippen LogP contribution in [0.3, 0.4) is 0 Å². The predicted molar refractivity (Wildman–Crippen MR) is 96.0 cm³/mol. The number of hydrogen-bond acceptors (Lipinski definition) is 3. The first kappa shape index (κ1) is 19.2. The summed E-state index contributed by atoms with van der Waals surface area (Å²) in [5.41, 5.74) is 0.369. The second kappa shape index (κ2) is 7.41. The smallest absolute Gasteiger partial charge is 0.264 e. The Morgan fingerprint density at radius 3 is 2.32 bits per heavy atom. The third kappa shape index (κ3) is 4.29. The fourth-order valence-corrected chi connectivity index (χ4v) is 3.55. The van der Waals surface area contributed by atoms with Crippen molar-refractivity contribution in [2.75, 3.05) is 11.4 Å². The second-order valence-corrected chi connectivity index (χ2v) is 8.10. The minimum absolute atomic E-state index is 0.0731. The Morgan fingerprint density at radius 1 is 1.16 bits per heavy atom. The molecule has 0 aromatic heterocycles. The van der Waals surface area contributed by atoms with Crippen molar-refractivity contribution in [2.45, 2.75) is 24.8 Å². The number of carbonyl (C=O) groups is 1. The molecule has 2 aromatic rings. The molecule has 0 aliphatic heterocycles. The maximum absolute atomic E-state index is 13.0. The molecule has 0 heterocycles. The highest BCUT2D eigenvalue weighted by molar-refractivity contribution is 7.92. The van der Waals surface area contributed by atoms with Gasteiger partial charge in [0.15, 0.2) is 0 Å². The highest BCUT2D eigenvalue weighted by atomic mass is 35.5. The van der Waals surface area contributed by atoms with Gasteiger partial charge in [0, 0.05) is 13.1 Å². The lowest BCUT2D eigenvalue weighted by Gasteiger charge is -2.20.